The first kappa shape index (κ1) is 31.6. The molecule has 45 heavy (non-hydrogen) atoms. The van der Waals surface area contributed by atoms with Crippen LogP contribution in [0.15, 0.2) is 41.5 Å². The molecular weight excluding hydrogens is 556 g/mol. The molecule has 0 unspecified atom stereocenters. The highest BCUT2D eigenvalue weighted by atomic mass is 16.5. The molecule has 5 nitrogen and oxygen atoms in total. The predicted octanol–water partition coefficient (Wildman–Crippen LogP) is 7.48. The van der Waals surface area contributed by atoms with Crippen LogP contribution >= 0.6 is 0 Å². The third-order valence-corrected chi connectivity index (χ3v) is 14.3. The van der Waals surface area contributed by atoms with Crippen molar-refractivity contribution in [1.29, 1.82) is 0 Å². The molecule has 2 saturated heterocycles. The maximum absolute atomic E-state index is 13.0. The van der Waals surface area contributed by atoms with Crippen molar-refractivity contribution in [3.05, 3.63) is 47.0 Å². The monoisotopic (exact) mass is 614 g/mol. The van der Waals surface area contributed by atoms with Gasteiger partial charge in [-0.2, -0.15) is 0 Å². The van der Waals surface area contributed by atoms with Crippen molar-refractivity contribution in [3.63, 3.8) is 0 Å². The molecule has 0 aromatic heterocycles. The van der Waals surface area contributed by atoms with Gasteiger partial charge in [0.2, 0.25) is 5.91 Å². The minimum absolute atomic E-state index is 0.0651. The molecule has 4 aliphatic carbocycles. The van der Waals surface area contributed by atoms with Crippen molar-refractivity contribution in [2.45, 2.75) is 122 Å². The summed E-state index contributed by atoms with van der Waals surface area (Å²) in [6.07, 6.45) is 13.0. The van der Waals surface area contributed by atoms with Crippen molar-refractivity contribution in [3.8, 4) is 0 Å². The smallest absolute Gasteiger partial charge is 0.222 e. The number of allylic oxidation sites excluding steroid dienone is 1. The van der Waals surface area contributed by atoms with Crippen molar-refractivity contribution < 1.29 is 14.3 Å². The van der Waals surface area contributed by atoms with E-state index in [1.54, 1.807) is 11.1 Å². The highest BCUT2D eigenvalue weighted by Crippen LogP contribution is 2.65. The summed E-state index contributed by atoms with van der Waals surface area (Å²) < 4.78 is 7.32. The minimum Gasteiger partial charge on any atom is -0.369 e. The van der Waals surface area contributed by atoms with E-state index in [4.69, 9.17) is 4.74 Å². The van der Waals surface area contributed by atoms with Gasteiger partial charge in [0.1, 0.15) is 5.78 Å². The van der Waals surface area contributed by atoms with Gasteiger partial charge in [-0.1, -0.05) is 62.2 Å². The lowest BCUT2D eigenvalue weighted by Gasteiger charge is -2.52. The minimum atomic E-state index is -0.0651. The topological polar surface area (TPSA) is 49.9 Å². The van der Waals surface area contributed by atoms with Crippen LogP contribution in [-0.4, -0.2) is 65.9 Å². The second kappa shape index (κ2) is 12.2. The quantitative estimate of drug-likeness (QED) is 0.312. The maximum Gasteiger partial charge on any atom is 0.222 e. The molecule has 246 valence electrons. The fraction of sp³-hybridized carbons (Fsp3) is 0.750. The van der Waals surface area contributed by atoms with E-state index in [1.807, 2.05) is 18.0 Å². The van der Waals surface area contributed by atoms with Crippen molar-refractivity contribution in [1.82, 2.24) is 9.80 Å². The Labute approximate surface area is 272 Å². The molecule has 2 aliphatic heterocycles. The zero-order valence-corrected chi connectivity index (χ0v) is 28.7. The first-order chi connectivity index (χ1) is 21.6. The number of likely N-dealkylation sites (N-methyl/N-ethyl adjacent to an activating group) is 1. The molecule has 0 radical (unpaired) electrons. The molecule has 2 heterocycles. The average Bonchev–Trinajstić information content (AvgIpc) is 3.49. The van der Waals surface area contributed by atoms with Crippen molar-refractivity contribution in [2.24, 2.45) is 40.9 Å². The van der Waals surface area contributed by atoms with E-state index in [9.17, 15) is 9.59 Å². The molecule has 1 amide bonds. The number of carbonyl (C=O) groups is 2. The van der Waals surface area contributed by atoms with Gasteiger partial charge < -0.3 is 9.64 Å². The third-order valence-electron chi connectivity index (χ3n) is 14.3. The summed E-state index contributed by atoms with van der Waals surface area (Å²) in [7, 11) is 1.99. The molecule has 1 spiro atoms. The second-order valence-electron chi connectivity index (χ2n) is 16.8. The Bertz CT molecular complexity index is 1310. The zero-order valence-electron chi connectivity index (χ0n) is 28.7. The summed E-state index contributed by atoms with van der Waals surface area (Å²) in [5, 5.41) is 0. The normalized spacial score (nSPS) is 41.3. The van der Waals surface area contributed by atoms with Crippen LogP contribution in [-0.2, 0) is 20.7 Å². The van der Waals surface area contributed by atoms with E-state index in [-0.39, 0.29) is 11.5 Å². The number of nitrogens with zero attached hydrogens (tertiary/aromatic N) is 2. The molecular formula is C40H58N2O3. The van der Waals surface area contributed by atoms with Gasteiger partial charge >= 0.3 is 0 Å². The summed E-state index contributed by atoms with van der Waals surface area (Å²) in [5.41, 5.74) is 4.94. The number of benzene rings is 1. The Hall–Kier alpha value is -1.98. The van der Waals surface area contributed by atoms with E-state index >= 15 is 0 Å². The largest absolute Gasteiger partial charge is 0.369 e. The number of Topliss-reactive ketones (excluding diaryl/α,β-unsaturated/α-hetero) is 1. The number of fused-ring (bicyclic) bond motifs is 6. The van der Waals surface area contributed by atoms with Crippen LogP contribution in [0.3, 0.4) is 0 Å². The highest BCUT2D eigenvalue weighted by molar-refractivity contribution is 5.79. The van der Waals surface area contributed by atoms with Crippen LogP contribution < -0.4 is 0 Å². The first-order valence-electron chi connectivity index (χ1n) is 18.5. The lowest BCUT2D eigenvalue weighted by atomic mass is 9.52. The predicted molar refractivity (Wildman–Crippen MR) is 180 cm³/mol. The maximum atomic E-state index is 13.0. The van der Waals surface area contributed by atoms with E-state index in [0.29, 0.717) is 53.4 Å². The Morgan fingerprint density at radius 3 is 2.69 bits per heavy atom. The van der Waals surface area contributed by atoms with Crippen LogP contribution in [0, 0.1) is 40.9 Å². The van der Waals surface area contributed by atoms with Gasteiger partial charge in [-0.25, -0.2) is 0 Å². The summed E-state index contributed by atoms with van der Waals surface area (Å²) in [6.45, 7) is 12.7. The van der Waals surface area contributed by atoms with Gasteiger partial charge in [0.15, 0.2) is 0 Å². The van der Waals surface area contributed by atoms with E-state index in [2.05, 4.69) is 56.9 Å². The van der Waals surface area contributed by atoms with Crippen LogP contribution in [0.4, 0.5) is 0 Å². The van der Waals surface area contributed by atoms with Gasteiger partial charge in [0.25, 0.3) is 0 Å². The molecule has 7 rings (SSSR count). The fourth-order valence-electron chi connectivity index (χ4n) is 11.7. The number of rotatable bonds is 6. The number of aryl methyl sites for hydroxylation is 1. The molecule has 6 aliphatic rings. The summed E-state index contributed by atoms with van der Waals surface area (Å²) in [6, 6.07) is 10.8. The number of piperidine rings is 1. The van der Waals surface area contributed by atoms with E-state index < -0.39 is 0 Å². The zero-order chi connectivity index (χ0) is 31.5. The molecule has 5 fully saturated rings. The second-order valence-corrected chi connectivity index (χ2v) is 16.8. The van der Waals surface area contributed by atoms with Gasteiger partial charge in [0.05, 0.1) is 11.7 Å². The van der Waals surface area contributed by atoms with Crippen LogP contribution in [0.1, 0.15) is 104 Å². The Kier molecular flexibility index (Phi) is 8.59. The van der Waals surface area contributed by atoms with Crippen molar-refractivity contribution >= 4 is 11.7 Å². The molecule has 1 aromatic rings. The SMILES string of the molecule is CC1=C2C[C@H]3[C@@H](CC[C@@H]4CC(=O)CC[C@@]43C)[C@@H]2CC[C@@]2(C1)O[C@@H]1C[C@H](C)CN(CCN(C)C(=O)CCc3ccccc3)[C@H]1[C@H]2C. The molecule has 0 bridgehead atoms. The van der Waals surface area contributed by atoms with Crippen molar-refractivity contribution in [2.75, 3.05) is 26.7 Å². The van der Waals surface area contributed by atoms with Crippen LogP contribution in [0.25, 0.3) is 0 Å². The summed E-state index contributed by atoms with van der Waals surface area (Å²) in [5.74, 6) is 4.74. The van der Waals surface area contributed by atoms with E-state index in [1.165, 1.54) is 37.7 Å². The van der Waals surface area contributed by atoms with E-state index in [0.717, 1.165) is 70.0 Å². The van der Waals surface area contributed by atoms with Gasteiger partial charge in [-0.3, -0.25) is 14.5 Å². The Morgan fingerprint density at radius 2 is 1.89 bits per heavy atom. The fourth-order valence-corrected chi connectivity index (χ4v) is 11.7. The molecule has 0 N–H and O–H groups in total. The van der Waals surface area contributed by atoms with Crippen LogP contribution in [0.2, 0.25) is 0 Å². The summed E-state index contributed by atoms with van der Waals surface area (Å²) in [4.78, 5) is 30.1. The highest BCUT2D eigenvalue weighted by Gasteiger charge is 2.60. The lowest BCUT2D eigenvalue weighted by Crippen LogP contribution is -2.53. The number of likely N-dealkylation sites (tertiary alicyclic amines) is 1. The average molecular weight is 615 g/mol. The lowest BCUT2D eigenvalue weighted by molar-refractivity contribution is -0.131. The van der Waals surface area contributed by atoms with Gasteiger partial charge in [-0.05, 0) is 105 Å². The molecule has 10 atom stereocenters. The number of ether oxygens (including phenoxy) is 1. The number of hydrogen-bond acceptors (Lipinski definition) is 4. The Morgan fingerprint density at radius 1 is 1.09 bits per heavy atom. The third kappa shape index (κ3) is 5.66. The van der Waals surface area contributed by atoms with Crippen LogP contribution in [0.5, 0.6) is 0 Å². The Balaban J connectivity index is 1.03. The number of ketones is 1. The van der Waals surface area contributed by atoms with Gasteiger partial charge in [0, 0.05) is 57.9 Å². The standard InChI is InChI=1S/C40H58N2O3/c1-26-21-36-38(42(25-26)20-19-41(5)37(44)14-11-29-9-7-6-8-10-29)28(3)40(45-36)18-16-32-33-13-12-30-22-31(43)15-17-39(30,4)35(33)23-34(32)27(2)24-40/h6-10,26,28,30,32-33,35-36,38H,11-25H2,1-5H3/t26-,28+,30+,32-,33-,35-,36+,38-,39-,40-/m0/s1. The number of hydrogen-bond donors (Lipinski definition) is 0. The first-order valence-corrected chi connectivity index (χ1v) is 18.5. The molecule has 1 aromatic carbocycles. The summed E-state index contributed by atoms with van der Waals surface area (Å²) >= 11 is 0. The molecule has 5 heteroatoms. The number of carbonyl (C=O) groups excluding carboxylic acids is 2. The number of amides is 1. The van der Waals surface area contributed by atoms with Gasteiger partial charge in [-0.15, -0.1) is 0 Å². The molecule has 3 saturated carbocycles.